The van der Waals surface area contributed by atoms with Crippen LogP contribution in [0.4, 0.5) is 5.82 Å². The fraction of sp³-hybridized carbons (Fsp3) is 0.333. The molecule has 0 bridgehead atoms. The predicted octanol–water partition coefficient (Wildman–Crippen LogP) is 2.55. The molecule has 1 aromatic carbocycles. The van der Waals surface area contributed by atoms with Crippen molar-refractivity contribution in [2.45, 2.75) is 9.58 Å². The van der Waals surface area contributed by atoms with Crippen LogP contribution in [0.2, 0.25) is 0 Å². The monoisotopic (exact) mass is 453 g/mol. The van der Waals surface area contributed by atoms with Gasteiger partial charge in [-0.1, -0.05) is 46.2 Å². The van der Waals surface area contributed by atoms with Gasteiger partial charge in [0.2, 0.25) is 4.21 Å². The predicted molar refractivity (Wildman–Crippen MR) is 111 cm³/mol. The molecule has 2 aromatic heterocycles. The first-order chi connectivity index (χ1) is 13.9. The Morgan fingerprint density at radius 1 is 1.21 bits per heavy atom. The van der Waals surface area contributed by atoms with Gasteiger partial charge in [0, 0.05) is 31.6 Å². The van der Waals surface area contributed by atoms with Gasteiger partial charge in [0.25, 0.3) is 10.0 Å². The summed E-state index contributed by atoms with van der Waals surface area (Å²) in [5.41, 5.74) is 0.735. The zero-order chi connectivity index (χ0) is 20.2. The highest BCUT2D eigenvalue weighted by atomic mass is 35.5. The molecule has 3 aromatic rings. The molecule has 1 aliphatic heterocycles. The van der Waals surface area contributed by atoms with E-state index in [0.717, 1.165) is 18.5 Å². The van der Waals surface area contributed by atoms with E-state index in [0.29, 0.717) is 24.4 Å². The molecule has 0 amide bonds. The number of nitrogens with zero attached hydrogens (tertiary/aromatic N) is 4. The Kier molecular flexibility index (Phi) is 4.39. The number of rotatable bonds is 3. The molecule has 2 atom stereocenters. The van der Waals surface area contributed by atoms with Gasteiger partial charge in [-0.2, -0.15) is 0 Å². The Morgan fingerprint density at radius 2 is 1.97 bits per heavy atom. The number of nitrogens with one attached hydrogen (secondary N) is 1. The molecule has 3 heterocycles. The van der Waals surface area contributed by atoms with E-state index in [1.54, 1.807) is 12.1 Å². The van der Waals surface area contributed by atoms with Gasteiger partial charge in [-0.25, -0.2) is 17.0 Å². The van der Waals surface area contributed by atoms with Crippen LogP contribution in [0.1, 0.15) is 16.8 Å². The zero-order valence-electron chi connectivity index (χ0n) is 15.1. The second-order valence-electron chi connectivity index (χ2n) is 6.97. The number of benzene rings is 1. The minimum absolute atomic E-state index is 0.00860. The van der Waals surface area contributed by atoms with Crippen LogP contribution in [-0.2, 0) is 14.2 Å². The molecule has 8 nitrogen and oxygen atoms in total. The Morgan fingerprint density at radius 3 is 2.76 bits per heavy atom. The van der Waals surface area contributed by atoms with Crippen molar-refractivity contribution in [2.75, 3.05) is 31.1 Å². The maximum atomic E-state index is 14.0. The van der Waals surface area contributed by atoms with Gasteiger partial charge >= 0.3 is 0 Å². The highest BCUT2D eigenvalue weighted by Gasteiger charge is 2.51. The third-order valence-corrected chi connectivity index (χ3v) is 8.47. The van der Waals surface area contributed by atoms with E-state index in [1.165, 1.54) is 16.1 Å². The van der Waals surface area contributed by atoms with Crippen LogP contribution < -0.4 is 10.2 Å². The molecule has 29 heavy (non-hydrogen) atoms. The highest BCUT2D eigenvalue weighted by molar-refractivity contribution is 7.92. The third kappa shape index (κ3) is 2.72. The lowest BCUT2D eigenvalue weighted by Crippen LogP contribution is -2.45. The molecule has 1 N–H and O–H groups in total. The third-order valence-electron chi connectivity index (χ3n) is 5.28. The van der Waals surface area contributed by atoms with E-state index in [-0.39, 0.29) is 11.4 Å². The van der Waals surface area contributed by atoms with Crippen molar-refractivity contribution in [3.8, 4) is 0 Å². The molecule has 1 fully saturated rings. The van der Waals surface area contributed by atoms with Crippen LogP contribution >= 0.6 is 23.2 Å². The molecule has 0 saturated carbocycles. The highest BCUT2D eigenvalue weighted by Crippen LogP contribution is 2.47. The maximum Gasteiger partial charge on any atom is 0.270 e. The number of anilines is 1. The average molecular weight is 454 g/mol. The molecule has 1 aliphatic carbocycles. The lowest BCUT2D eigenvalue weighted by Gasteiger charge is -2.32. The maximum absolute atomic E-state index is 14.0. The van der Waals surface area contributed by atoms with Gasteiger partial charge in [0.05, 0.1) is 10.9 Å². The van der Waals surface area contributed by atoms with Crippen molar-refractivity contribution >= 4 is 49.9 Å². The largest absolute Gasteiger partial charge is 0.355 e. The van der Waals surface area contributed by atoms with Crippen LogP contribution in [0.25, 0.3) is 10.9 Å². The number of aromatic nitrogens is 3. The van der Waals surface area contributed by atoms with Crippen molar-refractivity contribution in [2.24, 2.45) is 0 Å². The zero-order valence-corrected chi connectivity index (χ0v) is 17.5. The van der Waals surface area contributed by atoms with Crippen LogP contribution in [0, 0.1) is 0 Å². The van der Waals surface area contributed by atoms with Gasteiger partial charge in [0.15, 0.2) is 5.69 Å². The van der Waals surface area contributed by atoms with Gasteiger partial charge < -0.3 is 10.2 Å². The molecule has 152 valence electrons. The van der Waals surface area contributed by atoms with Crippen molar-refractivity contribution in [1.29, 1.82) is 0 Å². The van der Waals surface area contributed by atoms with Gasteiger partial charge in [-0.15, -0.1) is 11.6 Å². The number of fused-ring (bicyclic) bond motifs is 2. The molecular weight excluding hydrogens is 437 g/mol. The second kappa shape index (κ2) is 6.73. The standard InChI is InChI=1S/C18H17Cl2N5O3S/c19-13-5-6-18(20,17-16(13)22-28-23-17)29(26,27)25-14-4-2-1-3-12(14)11-15(25)24-9-7-21-8-10-24/h1-6,11,13,21H,7-10H2. The van der Waals surface area contributed by atoms with E-state index in [2.05, 4.69) is 15.6 Å². The average Bonchev–Trinajstić information content (AvgIpc) is 3.37. The summed E-state index contributed by atoms with van der Waals surface area (Å²) in [4.78, 5) is 2.03. The SMILES string of the molecule is O=S(=O)(n1c(N2CCNCC2)cc2ccccc21)C1(Cl)C=CC(Cl)c2nonc21. The number of alkyl halides is 2. The normalized spacial score (nSPS) is 24.8. The number of allylic oxidation sites excluding steroid dienone is 1. The lowest BCUT2D eigenvalue weighted by atomic mass is 10.1. The van der Waals surface area contributed by atoms with Crippen LogP contribution in [-0.4, -0.2) is 48.9 Å². The molecule has 0 radical (unpaired) electrons. The first-order valence-corrected chi connectivity index (χ1v) is 11.4. The summed E-state index contributed by atoms with van der Waals surface area (Å²) in [5, 5.41) is 11.0. The van der Waals surface area contributed by atoms with Gasteiger partial charge in [0.1, 0.15) is 11.5 Å². The molecule has 2 unspecified atom stereocenters. The summed E-state index contributed by atoms with van der Waals surface area (Å²) >= 11 is 13.0. The van der Waals surface area contributed by atoms with Gasteiger partial charge in [-0.3, -0.25) is 0 Å². The summed E-state index contributed by atoms with van der Waals surface area (Å²) < 4.78 is 32.1. The fourth-order valence-electron chi connectivity index (χ4n) is 3.81. The van der Waals surface area contributed by atoms with Crippen molar-refractivity contribution < 1.29 is 13.0 Å². The number of hydrogen-bond acceptors (Lipinski definition) is 7. The van der Waals surface area contributed by atoms with Gasteiger partial charge in [-0.05, 0) is 18.2 Å². The minimum Gasteiger partial charge on any atom is -0.355 e. The fourth-order valence-corrected chi connectivity index (χ4v) is 6.18. The summed E-state index contributed by atoms with van der Waals surface area (Å²) in [7, 11) is -4.22. The molecule has 5 rings (SSSR count). The lowest BCUT2D eigenvalue weighted by molar-refractivity contribution is 0.300. The molecule has 11 heteroatoms. The van der Waals surface area contributed by atoms with E-state index in [9.17, 15) is 8.42 Å². The van der Waals surface area contributed by atoms with E-state index < -0.39 is 19.6 Å². The smallest absolute Gasteiger partial charge is 0.270 e. The number of piperazine rings is 1. The van der Waals surface area contributed by atoms with Crippen molar-refractivity contribution in [1.82, 2.24) is 19.6 Å². The Labute approximate surface area is 177 Å². The summed E-state index contributed by atoms with van der Waals surface area (Å²) in [6.07, 6.45) is 2.85. The van der Waals surface area contributed by atoms with Crippen LogP contribution in [0.15, 0.2) is 47.1 Å². The molecular formula is C18H17Cl2N5O3S. The second-order valence-corrected chi connectivity index (χ2v) is 10.2. The quantitative estimate of drug-likeness (QED) is 0.480. The van der Waals surface area contributed by atoms with E-state index in [4.69, 9.17) is 27.8 Å². The van der Waals surface area contributed by atoms with Crippen molar-refractivity contribution in [3.63, 3.8) is 0 Å². The van der Waals surface area contributed by atoms with Crippen LogP contribution in [0.3, 0.4) is 0 Å². The first kappa shape index (κ1) is 18.9. The number of halogens is 2. The molecule has 2 aliphatic rings. The summed E-state index contributed by atoms with van der Waals surface area (Å²) in [5.74, 6) is 0.562. The first-order valence-electron chi connectivity index (χ1n) is 9.10. The molecule has 1 saturated heterocycles. The molecule has 0 spiro atoms. The van der Waals surface area contributed by atoms with E-state index in [1.807, 2.05) is 23.1 Å². The Balaban J connectivity index is 1.76. The van der Waals surface area contributed by atoms with Crippen molar-refractivity contribution in [3.05, 3.63) is 53.9 Å². The number of hydrogen-bond donors (Lipinski definition) is 1. The minimum atomic E-state index is -4.22. The Hall–Kier alpha value is -2.07. The topological polar surface area (TPSA) is 93.3 Å². The number of para-hydroxylation sites is 1. The Bertz CT molecular complexity index is 1220. The van der Waals surface area contributed by atoms with Crippen LogP contribution in [0.5, 0.6) is 0 Å². The van der Waals surface area contributed by atoms with E-state index >= 15 is 0 Å². The summed E-state index contributed by atoms with van der Waals surface area (Å²) in [6.45, 7) is 2.88. The summed E-state index contributed by atoms with van der Waals surface area (Å²) in [6, 6.07) is 9.18.